The molecule has 1 fully saturated rings. The number of carboxylic acids is 1. The number of rotatable bonds is 5. The molecule has 104 valence electrons. The van der Waals surface area contributed by atoms with E-state index in [4.69, 9.17) is 9.84 Å². The van der Waals surface area contributed by atoms with Crippen molar-refractivity contribution in [2.45, 2.75) is 51.6 Å². The molecule has 1 aromatic rings. The Balaban J connectivity index is 1.83. The lowest BCUT2D eigenvalue weighted by Crippen LogP contribution is -2.25. The van der Waals surface area contributed by atoms with Gasteiger partial charge in [0.15, 0.2) is 0 Å². The van der Waals surface area contributed by atoms with Crippen LogP contribution in [0.4, 0.5) is 0 Å². The lowest BCUT2D eigenvalue weighted by atomic mass is 9.85. The molecule has 3 heteroatoms. The third-order valence-electron chi connectivity index (χ3n) is 3.87. The summed E-state index contributed by atoms with van der Waals surface area (Å²) in [5.74, 6) is 0.598. The smallest absolute Gasteiger partial charge is 0.303 e. The van der Waals surface area contributed by atoms with Crippen LogP contribution in [0.15, 0.2) is 24.3 Å². The van der Waals surface area contributed by atoms with Crippen molar-refractivity contribution < 1.29 is 14.6 Å². The van der Waals surface area contributed by atoms with E-state index in [1.165, 1.54) is 5.56 Å². The zero-order valence-corrected chi connectivity index (χ0v) is 11.5. The van der Waals surface area contributed by atoms with Gasteiger partial charge in [-0.15, -0.1) is 0 Å². The molecule has 0 aromatic heterocycles. The number of carbonyl (C=O) groups is 1. The molecule has 0 atom stereocenters. The summed E-state index contributed by atoms with van der Waals surface area (Å²) in [6.45, 7) is 2.14. The standard InChI is InChI=1S/C16H22O3/c1-2-12-4-3-5-15(10-12)19-14-8-6-13(7-9-14)11-16(17)18/h3-5,10,13-14H,2,6-9,11H2,1H3,(H,17,18). The molecule has 19 heavy (non-hydrogen) atoms. The van der Waals surface area contributed by atoms with Crippen molar-refractivity contribution in [3.8, 4) is 5.75 Å². The average molecular weight is 262 g/mol. The molecule has 0 amide bonds. The van der Waals surface area contributed by atoms with Crippen LogP contribution in [0.3, 0.4) is 0 Å². The van der Waals surface area contributed by atoms with Gasteiger partial charge in [0.2, 0.25) is 0 Å². The minimum Gasteiger partial charge on any atom is -0.490 e. The Morgan fingerprint density at radius 2 is 2.05 bits per heavy atom. The highest BCUT2D eigenvalue weighted by atomic mass is 16.5. The first-order chi connectivity index (χ1) is 9.17. The van der Waals surface area contributed by atoms with Gasteiger partial charge in [-0.3, -0.25) is 4.79 Å². The van der Waals surface area contributed by atoms with Crippen LogP contribution in [-0.4, -0.2) is 17.2 Å². The van der Waals surface area contributed by atoms with Crippen LogP contribution in [0.2, 0.25) is 0 Å². The van der Waals surface area contributed by atoms with Crippen molar-refractivity contribution in [2.24, 2.45) is 5.92 Å². The summed E-state index contributed by atoms with van der Waals surface area (Å²) in [6, 6.07) is 8.24. The van der Waals surface area contributed by atoms with Crippen molar-refractivity contribution >= 4 is 5.97 Å². The molecular weight excluding hydrogens is 240 g/mol. The number of benzene rings is 1. The molecule has 2 rings (SSSR count). The Kier molecular flexibility index (Phi) is 4.83. The zero-order valence-electron chi connectivity index (χ0n) is 11.5. The van der Waals surface area contributed by atoms with Crippen LogP contribution in [0.5, 0.6) is 5.75 Å². The molecule has 1 N–H and O–H groups in total. The second-order valence-electron chi connectivity index (χ2n) is 5.36. The van der Waals surface area contributed by atoms with Crippen LogP contribution < -0.4 is 4.74 Å². The highest BCUT2D eigenvalue weighted by Gasteiger charge is 2.24. The molecule has 3 nitrogen and oxygen atoms in total. The zero-order chi connectivity index (χ0) is 13.7. The minimum atomic E-state index is -0.681. The number of aryl methyl sites for hydroxylation is 1. The third kappa shape index (κ3) is 4.27. The van der Waals surface area contributed by atoms with Gasteiger partial charge in [-0.2, -0.15) is 0 Å². The Hall–Kier alpha value is -1.51. The van der Waals surface area contributed by atoms with E-state index in [2.05, 4.69) is 19.1 Å². The number of carboxylic acid groups (broad SMARTS) is 1. The summed E-state index contributed by atoms with van der Waals surface area (Å²) in [5.41, 5.74) is 1.29. The van der Waals surface area contributed by atoms with Gasteiger partial charge in [-0.1, -0.05) is 19.1 Å². The average Bonchev–Trinajstić information content (AvgIpc) is 2.41. The number of hydrogen-bond donors (Lipinski definition) is 1. The monoisotopic (exact) mass is 262 g/mol. The van der Waals surface area contributed by atoms with Crippen molar-refractivity contribution in [1.82, 2.24) is 0 Å². The van der Waals surface area contributed by atoms with Crippen LogP contribution >= 0.6 is 0 Å². The maximum absolute atomic E-state index is 10.7. The summed E-state index contributed by atoms with van der Waals surface area (Å²) in [4.78, 5) is 10.7. The first-order valence-corrected chi connectivity index (χ1v) is 7.14. The Morgan fingerprint density at radius 3 is 2.68 bits per heavy atom. The summed E-state index contributed by atoms with van der Waals surface area (Å²) < 4.78 is 6.00. The van der Waals surface area contributed by atoms with Gasteiger partial charge in [0.25, 0.3) is 0 Å². The summed E-state index contributed by atoms with van der Waals surface area (Å²) in [6.07, 6.45) is 5.43. The fraction of sp³-hybridized carbons (Fsp3) is 0.562. The number of ether oxygens (including phenoxy) is 1. The Morgan fingerprint density at radius 1 is 1.32 bits per heavy atom. The second-order valence-corrected chi connectivity index (χ2v) is 5.36. The van der Waals surface area contributed by atoms with Gasteiger partial charge in [0.1, 0.15) is 5.75 Å². The third-order valence-corrected chi connectivity index (χ3v) is 3.87. The SMILES string of the molecule is CCc1cccc(OC2CCC(CC(=O)O)CC2)c1. The Bertz CT molecular complexity index is 420. The van der Waals surface area contributed by atoms with Gasteiger partial charge in [-0.25, -0.2) is 0 Å². The van der Waals surface area contributed by atoms with E-state index in [0.29, 0.717) is 12.3 Å². The molecular formula is C16H22O3. The molecule has 0 radical (unpaired) electrons. The number of hydrogen-bond acceptors (Lipinski definition) is 2. The predicted octanol–water partition coefficient (Wildman–Crippen LogP) is 3.66. The molecule has 0 heterocycles. The van der Waals surface area contributed by atoms with E-state index in [1.54, 1.807) is 0 Å². The first-order valence-electron chi connectivity index (χ1n) is 7.14. The van der Waals surface area contributed by atoms with Crippen LogP contribution in [0, 0.1) is 5.92 Å². The molecule has 1 aliphatic carbocycles. The number of aliphatic carboxylic acids is 1. The van der Waals surface area contributed by atoms with Gasteiger partial charge in [0.05, 0.1) is 6.10 Å². The molecule has 1 aliphatic rings. The van der Waals surface area contributed by atoms with E-state index in [1.807, 2.05) is 12.1 Å². The largest absolute Gasteiger partial charge is 0.490 e. The quantitative estimate of drug-likeness (QED) is 0.880. The van der Waals surface area contributed by atoms with E-state index < -0.39 is 5.97 Å². The normalized spacial score (nSPS) is 23.0. The molecule has 0 unspecified atom stereocenters. The second kappa shape index (κ2) is 6.60. The summed E-state index contributed by atoms with van der Waals surface area (Å²) in [7, 11) is 0. The van der Waals surface area contributed by atoms with E-state index in [0.717, 1.165) is 37.9 Å². The fourth-order valence-electron chi connectivity index (χ4n) is 2.73. The van der Waals surface area contributed by atoms with Crippen LogP contribution in [0.25, 0.3) is 0 Å². The van der Waals surface area contributed by atoms with Gasteiger partial charge in [-0.05, 0) is 55.7 Å². The lowest BCUT2D eigenvalue weighted by Gasteiger charge is -2.28. The maximum atomic E-state index is 10.7. The summed E-state index contributed by atoms with van der Waals surface area (Å²) in [5, 5.41) is 8.79. The first kappa shape index (κ1) is 13.9. The summed E-state index contributed by atoms with van der Waals surface area (Å²) >= 11 is 0. The van der Waals surface area contributed by atoms with E-state index in [9.17, 15) is 4.79 Å². The van der Waals surface area contributed by atoms with Crippen molar-refractivity contribution in [3.63, 3.8) is 0 Å². The topological polar surface area (TPSA) is 46.5 Å². The van der Waals surface area contributed by atoms with Gasteiger partial charge < -0.3 is 9.84 Å². The molecule has 0 aliphatic heterocycles. The molecule has 1 saturated carbocycles. The van der Waals surface area contributed by atoms with Crippen molar-refractivity contribution in [1.29, 1.82) is 0 Å². The molecule has 0 spiro atoms. The van der Waals surface area contributed by atoms with E-state index >= 15 is 0 Å². The van der Waals surface area contributed by atoms with Gasteiger partial charge in [0, 0.05) is 6.42 Å². The molecule has 0 bridgehead atoms. The van der Waals surface area contributed by atoms with Crippen LogP contribution in [-0.2, 0) is 11.2 Å². The lowest BCUT2D eigenvalue weighted by molar-refractivity contribution is -0.138. The predicted molar refractivity (Wildman–Crippen MR) is 74.4 cm³/mol. The van der Waals surface area contributed by atoms with E-state index in [-0.39, 0.29) is 6.10 Å². The highest BCUT2D eigenvalue weighted by Crippen LogP contribution is 2.29. The molecule has 0 saturated heterocycles. The van der Waals surface area contributed by atoms with Crippen LogP contribution in [0.1, 0.15) is 44.6 Å². The fourth-order valence-corrected chi connectivity index (χ4v) is 2.73. The van der Waals surface area contributed by atoms with Crippen molar-refractivity contribution in [2.75, 3.05) is 0 Å². The minimum absolute atomic E-state index is 0.247. The van der Waals surface area contributed by atoms with Crippen molar-refractivity contribution in [3.05, 3.63) is 29.8 Å². The van der Waals surface area contributed by atoms with Gasteiger partial charge >= 0.3 is 5.97 Å². The highest BCUT2D eigenvalue weighted by molar-refractivity contribution is 5.67. The maximum Gasteiger partial charge on any atom is 0.303 e. The Labute approximate surface area is 114 Å². The molecule has 1 aromatic carbocycles.